The van der Waals surface area contributed by atoms with E-state index < -0.39 is 0 Å². The van der Waals surface area contributed by atoms with E-state index in [0.29, 0.717) is 0 Å². The molecule has 1 atom stereocenters. The van der Waals surface area contributed by atoms with Gasteiger partial charge in [-0.05, 0) is 17.7 Å². The van der Waals surface area contributed by atoms with Crippen LogP contribution in [0.15, 0.2) is 42.6 Å². The highest BCUT2D eigenvalue weighted by molar-refractivity contribution is 5.81. The van der Waals surface area contributed by atoms with E-state index in [1.165, 1.54) is 0 Å². The summed E-state index contributed by atoms with van der Waals surface area (Å²) in [6.07, 6.45) is 5.68. The summed E-state index contributed by atoms with van der Waals surface area (Å²) in [4.78, 5) is 0. The summed E-state index contributed by atoms with van der Waals surface area (Å²) in [6, 6.07) is 7.58. The first-order chi connectivity index (χ1) is 7.33. The molecule has 0 fully saturated rings. The highest BCUT2D eigenvalue weighted by Gasteiger charge is 2.14. The van der Waals surface area contributed by atoms with Gasteiger partial charge in [0.15, 0.2) is 0 Å². The van der Waals surface area contributed by atoms with Crippen LogP contribution >= 0.6 is 0 Å². The molecule has 0 aromatic heterocycles. The topological polar surface area (TPSA) is 58.3 Å². The van der Waals surface area contributed by atoms with E-state index in [4.69, 9.17) is 10.8 Å². The molecule has 1 aliphatic rings. The smallest absolute Gasteiger partial charge is 0.0624 e. The van der Waals surface area contributed by atoms with Crippen LogP contribution in [0.4, 0.5) is 5.69 Å². The van der Waals surface area contributed by atoms with Crippen molar-refractivity contribution in [1.82, 2.24) is 0 Å². The number of benzene rings is 1. The average Bonchev–Trinajstić information content (AvgIpc) is 2.50. The Morgan fingerprint density at radius 2 is 2.13 bits per heavy atom. The fourth-order valence-electron chi connectivity index (χ4n) is 1.66. The molecule has 3 heteroatoms. The third-order valence-corrected chi connectivity index (χ3v) is 2.45. The Morgan fingerprint density at radius 3 is 2.93 bits per heavy atom. The lowest BCUT2D eigenvalue weighted by molar-refractivity contribution is 0.287. The maximum absolute atomic E-state index is 9.09. The van der Waals surface area contributed by atoms with E-state index in [1.54, 1.807) is 0 Å². The Kier molecular flexibility index (Phi) is 2.85. The van der Waals surface area contributed by atoms with Crippen molar-refractivity contribution >= 4 is 11.3 Å². The number of nitrogens with two attached hydrogens (primary N) is 1. The average molecular weight is 202 g/mol. The largest absolute Gasteiger partial charge is 0.394 e. The third kappa shape index (κ3) is 1.93. The number of hydrogen-bond acceptors (Lipinski definition) is 3. The molecule has 0 amide bonds. The molecule has 0 radical (unpaired) electrons. The zero-order chi connectivity index (χ0) is 10.7. The van der Waals surface area contributed by atoms with Crippen molar-refractivity contribution in [3.05, 3.63) is 48.2 Å². The fraction of sp³-hybridized carbons (Fsp3) is 0.167. The first-order valence-corrected chi connectivity index (χ1v) is 4.92. The van der Waals surface area contributed by atoms with Gasteiger partial charge in [0.25, 0.3) is 0 Å². The molecule has 0 aliphatic carbocycles. The summed E-state index contributed by atoms with van der Waals surface area (Å²) in [5.74, 6) is 0. The summed E-state index contributed by atoms with van der Waals surface area (Å²) in [5, 5.41) is 12.3. The minimum atomic E-state index is -0.337. The first kappa shape index (κ1) is 9.96. The molecule has 0 spiro atoms. The van der Waals surface area contributed by atoms with E-state index in [9.17, 15) is 0 Å². The molecular weight excluding hydrogens is 188 g/mol. The van der Waals surface area contributed by atoms with E-state index >= 15 is 0 Å². The predicted octanol–water partition coefficient (Wildman–Crippen LogP) is 1.33. The number of nitrogens with one attached hydrogen (secondary N) is 1. The summed E-state index contributed by atoms with van der Waals surface area (Å²) in [7, 11) is 0. The molecule has 0 saturated carbocycles. The number of hydrogen-bond donors (Lipinski definition) is 3. The number of aliphatic hydroxyl groups excluding tert-OH is 1. The Bertz CT molecular complexity index is 410. The van der Waals surface area contributed by atoms with Gasteiger partial charge in [-0.3, -0.25) is 0 Å². The summed E-state index contributed by atoms with van der Waals surface area (Å²) >= 11 is 0. The zero-order valence-corrected chi connectivity index (χ0v) is 8.35. The summed E-state index contributed by atoms with van der Waals surface area (Å²) in [6.45, 7) is -0.0476. The third-order valence-electron chi connectivity index (χ3n) is 2.45. The molecule has 15 heavy (non-hydrogen) atoms. The predicted molar refractivity (Wildman–Crippen MR) is 62.2 cm³/mol. The minimum absolute atomic E-state index is 0.0476. The second-order valence-corrected chi connectivity index (χ2v) is 3.46. The molecule has 1 aromatic rings. The number of allylic oxidation sites excluding steroid dienone is 2. The van der Waals surface area contributed by atoms with E-state index in [0.717, 1.165) is 16.8 Å². The quantitative estimate of drug-likeness (QED) is 0.678. The minimum Gasteiger partial charge on any atom is -0.394 e. The lowest BCUT2D eigenvalue weighted by atomic mass is 9.98. The summed E-state index contributed by atoms with van der Waals surface area (Å²) < 4.78 is 0. The van der Waals surface area contributed by atoms with Crippen molar-refractivity contribution in [3.8, 4) is 0 Å². The van der Waals surface area contributed by atoms with Gasteiger partial charge >= 0.3 is 0 Å². The highest BCUT2D eigenvalue weighted by atomic mass is 16.3. The number of anilines is 1. The normalized spacial score (nSPS) is 16.0. The number of para-hydroxylation sites is 1. The van der Waals surface area contributed by atoms with Gasteiger partial charge in [0.1, 0.15) is 0 Å². The van der Waals surface area contributed by atoms with Crippen LogP contribution in [-0.4, -0.2) is 17.8 Å². The van der Waals surface area contributed by atoms with Crippen molar-refractivity contribution in [1.29, 1.82) is 0 Å². The van der Waals surface area contributed by atoms with Gasteiger partial charge in [0.2, 0.25) is 0 Å². The monoisotopic (exact) mass is 202 g/mol. The van der Waals surface area contributed by atoms with E-state index in [-0.39, 0.29) is 12.6 Å². The maximum Gasteiger partial charge on any atom is 0.0624 e. The molecule has 1 heterocycles. The van der Waals surface area contributed by atoms with Crippen LogP contribution in [0.5, 0.6) is 0 Å². The van der Waals surface area contributed by atoms with Crippen molar-refractivity contribution in [2.75, 3.05) is 11.9 Å². The van der Waals surface area contributed by atoms with Crippen molar-refractivity contribution in [2.45, 2.75) is 6.04 Å². The first-order valence-electron chi connectivity index (χ1n) is 4.92. The molecule has 2 rings (SSSR count). The lowest BCUT2D eigenvalue weighted by Gasteiger charge is -2.15. The molecule has 1 aliphatic heterocycles. The SMILES string of the molecule is NC(CO)C1=CC=CNc2ccccc21. The van der Waals surface area contributed by atoms with Crippen LogP contribution in [0.25, 0.3) is 5.57 Å². The molecule has 3 nitrogen and oxygen atoms in total. The number of rotatable bonds is 2. The van der Waals surface area contributed by atoms with Crippen molar-refractivity contribution in [2.24, 2.45) is 5.73 Å². The van der Waals surface area contributed by atoms with Gasteiger partial charge in [-0.25, -0.2) is 0 Å². The van der Waals surface area contributed by atoms with Gasteiger partial charge in [0.05, 0.1) is 12.6 Å². The molecule has 0 saturated heterocycles. The molecule has 4 N–H and O–H groups in total. The van der Waals surface area contributed by atoms with Gasteiger partial charge in [0, 0.05) is 17.5 Å². The number of aliphatic hydroxyl groups is 1. The van der Waals surface area contributed by atoms with Crippen LogP contribution in [0.3, 0.4) is 0 Å². The van der Waals surface area contributed by atoms with E-state index in [1.807, 2.05) is 42.6 Å². The van der Waals surface area contributed by atoms with Crippen molar-refractivity contribution in [3.63, 3.8) is 0 Å². The Labute approximate surface area is 88.9 Å². The van der Waals surface area contributed by atoms with Gasteiger partial charge in [-0.2, -0.15) is 0 Å². The van der Waals surface area contributed by atoms with Crippen LogP contribution in [0.2, 0.25) is 0 Å². The number of fused-ring (bicyclic) bond motifs is 1. The standard InChI is InChI=1S/C12H14N2O/c13-11(8-15)9-5-3-7-14-12-6-2-1-4-10(9)12/h1-7,11,14-15H,8,13H2. The maximum atomic E-state index is 9.09. The van der Waals surface area contributed by atoms with Crippen LogP contribution in [0.1, 0.15) is 5.56 Å². The van der Waals surface area contributed by atoms with Gasteiger partial charge in [-0.15, -0.1) is 0 Å². The van der Waals surface area contributed by atoms with Gasteiger partial charge in [-0.1, -0.05) is 24.3 Å². The second-order valence-electron chi connectivity index (χ2n) is 3.46. The molecular formula is C12H14N2O. The summed E-state index contributed by atoms with van der Waals surface area (Å²) in [5.41, 5.74) is 8.87. The van der Waals surface area contributed by atoms with Crippen LogP contribution in [0, 0.1) is 0 Å². The molecule has 1 aromatic carbocycles. The lowest BCUT2D eigenvalue weighted by Crippen LogP contribution is -2.26. The van der Waals surface area contributed by atoms with Gasteiger partial charge < -0.3 is 16.2 Å². The second kappa shape index (κ2) is 4.29. The molecule has 1 unspecified atom stereocenters. The van der Waals surface area contributed by atoms with Crippen molar-refractivity contribution < 1.29 is 5.11 Å². The van der Waals surface area contributed by atoms with Crippen LogP contribution in [-0.2, 0) is 0 Å². The Morgan fingerprint density at radius 1 is 1.33 bits per heavy atom. The highest BCUT2D eigenvalue weighted by Crippen LogP contribution is 2.27. The molecule has 0 bridgehead atoms. The zero-order valence-electron chi connectivity index (χ0n) is 8.35. The van der Waals surface area contributed by atoms with E-state index in [2.05, 4.69) is 5.32 Å². The fourth-order valence-corrected chi connectivity index (χ4v) is 1.66. The Balaban J connectivity index is 2.47. The Hall–Kier alpha value is -1.58. The van der Waals surface area contributed by atoms with Crippen LogP contribution < -0.4 is 11.1 Å². The molecule has 78 valence electrons.